The Morgan fingerprint density at radius 3 is 2.82 bits per heavy atom. The van der Waals surface area contributed by atoms with Gasteiger partial charge in [-0.25, -0.2) is 4.39 Å². The lowest BCUT2D eigenvalue weighted by molar-refractivity contribution is -0.0519. The molecule has 0 bridgehead atoms. The number of likely N-dealkylation sites (N-methyl/N-ethyl adjacent to an activating group) is 1. The number of morpholine rings is 1. The molecule has 2 atom stereocenters. The van der Waals surface area contributed by atoms with Gasteiger partial charge in [0.15, 0.2) is 0 Å². The number of rotatable bonds is 7. The third-order valence-corrected chi connectivity index (χ3v) is 3.52. The van der Waals surface area contributed by atoms with Gasteiger partial charge in [-0.15, -0.1) is 0 Å². The molecule has 0 amide bonds. The van der Waals surface area contributed by atoms with Crippen molar-refractivity contribution in [3.05, 3.63) is 30.1 Å². The van der Waals surface area contributed by atoms with Crippen LogP contribution in [0.5, 0.6) is 5.75 Å². The summed E-state index contributed by atoms with van der Waals surface area (Å²) in [6.45, 7) is 3.93. The number of halogens is 1. The van der Waals surface area contributed by atoms with Gasteiger partial charge >= 0.3 is 0 Å². The van der Waals surface area contributed by atoms with E-state index >= 15 is 0 Å². The first-order chi connectivity index (χ1) is 10.5. The first-order valence-corrected chi connectivity index (χ1v) is 7.58. The maximum atomic E-state index is 12.8. The van der Waals surface area contributed by atoms with Crippen molar-refractivity contribution in [1.82, 2.24) is 9.80 Å². The molecule has 1 N–H and O–H groups in total. The van der Waals surface area contributed by atoms with Crippen LogP contribution < -0.4 is 4.74 Å². The van der Waals surface area contributed by atoms with E-state index in [1.807, 2.05) is 14.1 Å². The number of aliphatic hydroxyl groups is 1. The Bertz CT molecular complexity index is 442. The lowest BCUT2D eigenvalue weighted by Gasteiger charge is -2.35. The van der Waals surface area contributed by atoms with Gasteiger partial charge in [0.25, 0.3) is 0 Å². The van der Waals surface area contributed by atoms with E-state index in [0.717, 1.165) is 19.6 Å². The Labute approximate surface area is 131 Å². The minimum absolute atomic E-state index is 0.175. The van der Waals surface area contributed by atoms with Crippen LogP contribution in [-0.4, -0.2) is 80.6 Å². The number of aliphatic hydroxyl groups excluding tert-OH is 1. The van der Waals surface area contributed by atoms with E-state index < -0.39 is 6.10 Å². The van der Waals surface area contributed by atoms with E-state index in [2.05, 4.69) is 9.80 Å². The summed E-state index contributed by atoms with van der Waals surface area (Å²) in [6.07, 6.45) is -0.405. The fourth-order valence-electron chi connectivity index (χ4n) is 2.54. The molecule has 0 aromatic heterocycles. The van der Waals surface area contributed by atoms with Crippen LogP contribution in [0.2, 0.25) is 0 Å². The molecule has 0 saturated carbocycles. The molecule has 5 nitrogen and oxygen atoms in total. The van der Waals surface area contributed by atoms with E-state index in [-0.39, 0.29) is 18.5 Å². The van der Waals surface area contributed by atoms with Crippen molar-refractivity contribution in [2.45, 2.75) is 12.2 Å². The fourth-order valence-corrected chi connectivity index (χ4v) is 2.54. The maximum Gasteiger partial charge on any atom is 0.123 e. The predicted octanol–water partition coefficient (Wildman–Crippen LogP) is 0.828. The van der Waals surface area contributed by atoms with Crippen LogP contribution in [0, 0.1) is 5.82 Å². The largest absolute Gasteiger partial charge is 0.491 e. The maximum absolute atomic E-state index is 12.8. The molecule has 1 saturated heterocycles. The monoisotopic (exact) mass is 312 g/mol. The predicted molar refractivity (Wildman–Crippen MR) is 82.6 cm³/mol. The topological polar surface area (TPSA) is 45.2 Å². The first kappa shape index (κ1) is 17.1. The molecule has 1 heterocycles. The zero-order valence-electron chi connectivity index (χ0n) is 13.2. The molecule has 1 aliphatic heterocycles. The standard InChI is InChI=1S/C16H25FN2O3/c1-18(2)10-16-11-19(7-8-21-16)9-14(20)12-22-15-5-3-13(17)4-6-15/h3-6,14,16,20H,7-12H2,1-2H3/t14-,16+/m1/s1. The molecule has 0 unspecified atom stereocenters. The Kier molecular flexibility index (Phi) is 6.57. The first-order valence-electron chi connectivity index (χ1n) is 7.58. The smallest absolute Gasteiger partial charge is 0.123 e. The average Bonchev–Trinajstić information content (AvgIpc) is 2.46. The van der Waals surface area contributed by atoms with Gasteiger partial charge in [0.05, 0.1) is 12.7 Å². The molecule has 6 heteroatoms. The van der Waals surface area contributed by atoms with Gasteiger partial charge in [0, 0.05) is 26.2 Å². The van der Waals surface area contributed by atoms with E-state index in [4.69, 9.17) is 9.47 Å². The number of ether oxygens (including phenoxy) is 2. The van der Waals surface area contributed by atoms with E-state index in [9.17, 15) is 9.50 Å². The minimum Gasteiger partial charge on any atom is -0.491 e. The number of benzene rings is 1. The number of nitrogens with zero attached hydrogens (tertiary/aromatic N) is 2. The second kappa shape index (κ2) is 8.43. The summed E-state index contributed by atoms with van der Waals surface area (Å²) in [5.41, 5.74) is 0. The average molecular weight is 312 g/mol. The molecule has 0 radical (unpaired) electrons. The Hall–Kier alpha value is -1.21. The quantitative estimate of drug-likeness (QED) is 0.808. The Morgan fingerprint density at radius 1 is 1.41 bits per heavy atom. The highest BCUT2D eigenvalue weighted by Gasteiger charge is 2.22. The highest BCUT2D eigenvalue weighted by atomic mass is 19.1. The van der Waals surface area contributed by atoms with Crippen molar-refractivity contribution in [3.63, 3.8) is 0 Å². The van der Waals surface area contributed by atoms with Crippen LogP contribution in [0.15, 0.2) is 24.3 Å². The van der Waals surface area contributed by atoms with E-state index in [0.29, 0.717) is 18.9 Å². The molecule has 0 spiro atoms. The molecule has 2 rings (SSSR count). The number of β-amino-alcohol motifs (C(OH)–C–C–N with tert-alkyl or cyclic N) is 1. The number of hydrogen-bond donors (Lipinski definition) is 1. The summed E-state index contributed by atoms with van der Waals surface area (Å²) >= 11 is 0. The van der Waals surface area contributed by atoms with Gasteiger partial charge in [0.2, 0.25) is 0 Å². The molecule has 0 aliphatic carbocycles. The highest BCUT2D eigenvalue weighted by molar-refractivity contribution is 5.22. The van der Waals surface area contributed by atoms with Crippen molar-refractivity contribution in [2.75, 3.05) is 53.5 Å². The van der Waals surface area contributed by atoms with Crippen molar-refractivity contribution in [2.24, 2.45) is 0 Å². The van der Waals surface area contributed by atoms with Gasteiger partial charge in [0.1, 0.15) is 24.3 Å². The van der Waals surface area contributed by atoms with Crippen molar-refractivity contribution in [1.29, 1.82) is 0 Å². The summed E-state index contributed by atoms with van der Waals surface area (Å²) in [6, 6.07) is 5.80. The van der Waals surface area contributed by atoms with Crippen molar-refractivity contribution < 1.29 is 19.0 Å². The molecule has 1 fully saturated rings. The van der Waals surface area contributed by atoms with Crippen LogP contribution >= 0.6 is 0 Å². The normalized spacial score (nSPS) is 21.0. The summed E-state index contributed by atoms with van der Waals surface area (Å²) in [7, 11) is 4.04. The lowest BCUT2D eigenvalue weighted by Crippen LogP contribution is -2.49. The molecule has 22 heavy (non-hydrogen) atoms. The van der Waals surface area contributed by atoms with Crippen LogP contribution in [-0.2, 0) is 4.74 Å². The Balaban J connectivity index is 1.71. The Morgan fingerprint density at radius 2 is 2.14 bits per heavy atom. The zero-order chi connectivity index (χ0) is 15.9. The summed E-state index contributed by atoms with van der Waals surface area (Å²) in [4.78, 5) is 4.29. The third kappa shape index (κ3) is 5.88. The zero-order valence-corrected chi connectivity index (χ0v) is 13.2. The van der Waals surface area contributed by atoms with Crippen molar-refractivity contribution >= 4 is 0 Å². The van der Waals surface area contributed by atoms with Crippen LogP contribution in [0.25, 0.3) is 0 Å². The summed E-state index contributed by atoms with van der Waals surface area (Å²) < 4.78 is 24.0. The van der Waals surface area contributed by atoms with Gasteiger partial charge in [-0.2, -0.15) is 0 Å². The van der Waals surface area contributed by atoms with Gasteiger partial charge in [-0.3, -0.25) is 4.90 Å². The fraction of sp³-hybridized carbons (Fsp3) is 0.625. The molecular weight excluding hydrogens is 287 g/mol. The molecule has 1 aromatic rings. The lowest BCUT2D eigenvalue weighted by atomic mass is 10.2. The second-order valence-electron chi connectivity index (χ2n) is 5.93. The van der Waals surface area contributed by atoms with Gasteiger partial charge < -0.3 is 19.5 Å². The van der Waals surface area contributed by atoms with Crippen LogP contribution in [0.4, 0.5) is 4.39 Å². The second-order valence-corrected chi connectivity index (χ2v) is 5.93. The van der Waals surface area contributed by atoms with Crippen LogP contribution in [0.3, 0.4) is 0 Å². The molecule has 1 aliphatic rings. The van der Waals surface area contributed by atoms with Crippen LogP contribution in [0.1, 0.15) is 0 Å². The minimum atomic E-state index is -0.580. The molecule has 1 aromatic carbocycles. The van der Waals surface area contributed by atoms with E-state index in [1.165, 1.54) is 12.1 Å². The summed E-state index contributed by atoms with van der Waals surface area (Å²) in [5, 5.41) is 10.1. The number of hydrogen-bond acceptors (Lipinski definition) is 5. The summed E-state index contributed by atoms with van der Waals surface area (Å²) in [5.74, 6) is 0.265. The van der Waals surface area contributed by atoms with Crippen molar-refractivity contribution in [3.8, 4) is 5.75 Å². The third-order valence-electron chi connectivity index (χ3n) is 3.52. The van der Waals surface area contributed by atoms with Gasteiger partial charge in [-0.05, 0) is 38.4 Å². The SMILES string of the molecule is CN(C)C[C@H]1CN(C[C@@H](O)COc2ccc(F)cc2)CCO1. The van der Waals surface area contributed by atoms with Gasteiger partial charge in [-0.1, -0.05) is 0 Å². The van der Waals surface area contributed by atoms with E-state index in [1.54, 1.807) is 12.1 Å². The molecular formula is C16H25FN2O3. The molecule has 124 valence electrons. The highest BCUT2D eigenvalue weighted by Crippen LogP contribution is 2.12.